The smallest absolute Gasteiger partial charge is 0.256 e. The van der Waals surface area contributed by atoms with Gasteiger partial charge in [-0.25, -0.2) is 0 Å². The number of aliphatic hydroxyl groups is 1. The van der Waals surface area contributed by atoms with Crippen LogP contribution in [0.4, 0.5) is 0 Å². The summed E-state index contributed by atoms with van der Waals surface area (Å²) in [5, 5.41) is 15.0. The number of rotatable bonds is 4. The molecule has 0 unspecified atom stereocenters. The molecule has 1 spiro atoms. The molecule has 1 amide bonds. The van der Waals surface area contributed by atoms with Crippen LogP contribution in [0.5, 0.6) is 5.75 Å². The van der Waals surface area contributed by atoms with E-state index in [1.54, 1.807) is 14.2 Å². The van der Waals surface area contributed by atoms with E-state index in [2.05, 4.69) is 5.32 Å². The quantitative estimate of drug-likeness (QED) is 0.716. The second-order valence-electron chi connectivity index (χ2n) is 8.02. The first-order chi connectivity index (χ1) is 14.4. The zero-order chi connectivity index (χ0) is 21.5. The molecule has 0 bridgehead atoms. The van der Waals surface area contributed by atoms with Gasteiger partial charge in [-0.05, 0) is 67.5 Å². The fraction of sp³-hybridized carbons (Fsp3) is 0.375. The van der Waals surface area contributed by atoms with Gasteiger partial charge in [0.1, 0.15) is 11.5 Å². The summed E-state index contributed by atoms with van der Waals surface area (Å²) in [7, 11) is 3.28. The van der Waals surface area contributed by atoms with Crippen LogP contribution in [0.2, 0.25) is 5.02 Å². The van der Waals surface area contributed by atoms with E-state index in [0.717, 1.165) is 29.5 Å². The van der Waals surface area contributed by atoms with Gasteiger partial charge in [0.05, 0.1) is 24.3 Å². The highest BCUT2D eigenvalue weighted by Gasteiger charge is 2.48. The van der Waals surface area contributed by atoms with Crippen molar-refractivity contribution < 1.29 is 19.4 Å². The monoisotopic (exact) mass is 427 g/mol. The van der Waals surface area contributed by atoms with Crippen molar-refractivity contribution >= 4 is 23.1 Å². The minimum atomic E-state index is -0.727. The Morgan fingerprint density at radius 1 is 1.10 bits per heavy atom. The number of benzene rings is 2. The molecule has 158 valence electrons. The molecular weight excluding hydrogens is 402 g/mol. The van der Waals surface area contributed by atoms with Crippen molar-refractivity contribution in [1.29, 1.82) is 0 Å². The van der Waals surface area contributed by atoms with E-state index < -0.39 is 5.54 Å². The molecule has 1 fully saturated rings. The van der Waals surface area contributed by atoms with Crippen molar-refractivity contribution in [2.75, 3.05) is 14.2 Å². The molecule has 1 aliphatic carbocycles. The minimum Gasteiger partial charge on any atom is -0.509 e. The highest BCUT2D eigenvalue weighted by Crippen LogP contribution is 2.45. The maximum atomic E-state index is 13.1. The molecule has 1 heterocycles. The van der Waals surface area contributed by atoms with Crippen molar-refractivity contribution in [2.24, 2.45) is 0 Å². The zero-order valence-corrected chi connectivity index (χ0v) is 18.2. The summed E-state index contributed by atoms with van der Waals surface area (Å²) in [5.41, 5.74) is 3.02. The van der Waals surface area contributed by atoms with Crippen molar-refractivity contribution in [3.8, 4) is 16.9 Å². The molecule has 4 rings (SSSR count). The average Bonchev–Trinajstić information content (AvgIpc) is 2.98. The average molecular weight is 428 g/mol. The van der Waals surface area contributed by atoms with E-state index >= 15 is 0 Å². The number of carbonyl (C=O) groups is 1. The van der Waals surface area contributed by atoms with Gasteiger partial charge in [-0.15, -0.1) is 0 Å². The summed E-state index contributed by atoms with van der Waals surface area (Å²) in [4.78, 5) is 13.1. The molecule has 30 heavy (non-hydrogen) atoms. The lowest BCUT2D eigenvalue weighted by molar-refractivity contribution is -0.116. The van der Waals surface area contributed by atoms with E-state index in [4.69, 9.17) is 21.1 Å². The predicted molar refractivity (Wildman–Crippen MR) is 118 cm³/mol. The fourth-order valence-electron chi connectivity index (χ4n) is 4.71. The first-order valence-electron chi connectivity index (χ1n) is 10.1. The van der Waals surface area contributed by atoms with Gasteiger partial charge in [0.15, 0.2) is 0 Å². The maximum Gasteiger partial charge on any atom is 0.256 e. The second-order valence-corrected chi connectivity index (χ2v) is 8.45. The topological polar surface area (TPSA) is 67.8 Å². The SMILES string of the molecule is COc1ccc(-c2ccc(Cl)cc2)c(C)c1C1=C(O)C2(CCC(OC)CC2)NC1=O. The van der Waals surface area contributed by atoms with E-state index in [0.29, 0.717) is 34.8 Å². The Morgan fingerprint density at radius 2 is 1.77 bits per heavy atom. The molecule has 1 aliphatic heterocycles. The lowest BCUT2D eigenvalue weighted by Crippen LogP contribution is -2.48. The van der Waals surface area contributed by atoms with Crippen LogP contribution in [0, 0.1) is 6.92 Å². The van der Waals surface area contributed by atoms with Gasteiger partial charge >= 0.3 is 0 Å². The Morgan fingerprint density at radius 3 is 2.37 bits per heavy atom. The highest BCUT2D eigenvalue weighted by molar-refractivity contribution is 6.30. The number of amides is 1. The van der Waals surface area contributed by atoms with Crippen molar-refractivity contribution in [3.63, 3.8) is 0 Å². The van der Waals surface area contributed by atoms with Gasteiger partial charge in [-0.3, -0.25) is 4.79 Å². The molecule has 0 atom stereocenters. The molecule has 0 aromatic heterocycles. The van der Waals surface area contributed by atoms with Crippen LogP contribution in [0.1, 0.15) is 36.8 Å². The molecule has 1 saturated carbocycles. The summed E-state index contributed by atoms with van der Waals surface area (Å²) in [6, 6.07) is 11.4. The van der Waals surface area contributed by atoms with Crippen LogP contribution < -0.4 is 10.1 Å². The zero-order valence-electron chi connectivity index (χ0n) is 17.4. The Labute approximate surface area is 181 Å². The summed E-state index contributed by atoms with van der Waals surface area (Å²) in [6.45, 7) is 1.95. The molecule has 2 N–H and O–H groups in total. The standard InChI is InChI=1S/C24H26ClNO4/c1-14-18(15-4-6-16(25)7-5-15)8-9-19(30-3)20(14)21-22(27)24(26-23(21)28)12-10-17(29-2)11-13-24/h4-9,17,27H,10-13H2,1-3H3,(H,26,28). The summed E-state index contributed by atoms with van der Waals surface area (Å²) in [5.74, 6) is 0.402. The van der Waals surface area contributed by atoms with Crippen LogP contribution in [0.25, 0.3) is 16.7 Å². The summed E-state index contributed by atoms with van der Waals surface area (Å²) >= 11 is 6.04. The first kappa shape index (κ1) is 20.8. The van der Waals surface area contributed by atoms with E-state index in [9.17, 15) is 9.90 Å². The van der Waals surface area contributed by atoms with Crippen LogP contribution >= 0.6 is 11.6 Å². The normalized spacial score (nSPS) is 23.7. The fourth-order valence-corrected chi connectivity index (χ4v) is 4.84. The second kappa shape index (κ2) is 7.97. The lowest BCUT2D eigenvalue weighted by Gasteiger charge is -2.36. The number of nitrogens with one attached hydrogen (secondary N) is 1. The number of hydrogen-bond donors (Lipinski definition) is 2. The Kier molecular flexibility index (Phi) is 5.51. The third-order valence-electron chi connectivity index (χ3n) is 6.44. The third-order valence-corrected chi connectivity index (χ3v) is 6.69. The van der Waals surface area contributed by atoms with E-state index in [-0.39, 0.29) is 17.8 Å². The first-order valence-corrected chi connectivity index (χ1v) is 10.5. The molecule has 0 saturated heterocycles. The molecule has 0 radical (unpaired) electrons. The van der Waals surface area contributed by atoms with Gasteiger partial charge in [-0.2, -0.15) is 0 Å². The summed E-state index contributed by atoms with van der Waals surface area (Å²) < 4.78 is 11.0. The van der Waals surface area contributed by atoms with Gasteiger partial charge in [0, 0.05) is 17.7 Å². The lowest BCUT2D eigenvalue weighted by atomic mass is 9.79. The number of hydrogen-bond acceptors (Lipinski definition) is 4. The maximum absolute atomic E-state index is 13.1. The molecule has 6 heteroatoms. The van der Waals surface area contributed by atoms with Gasteiger partial charge in [-0.1, -0.05) is 29.8 Å². The van der Waals surface area contributed by atoms with Gasteiger partial charge < -0.3 is 19.9 Å². The van der Waals surface area contributed by atoms with Crippen LogP contribution in [-0.4, -0.2) is 36.9 Å². The number of carbonyl (C=O) groups excluding carboxylic acids is 1. The summed E-state index contributed by atoms with van der Waals surface area (Å²) in [6.07, 6.45) is 3.02. The van der Waals surface area contributed by atoms with Gasteiger partial charge in [0.25, 0.3) is 5.91 Å². The Bertz CT molecular complexity index is 1000. The van der Waals surface area contributed by atoms with Crippen LogP contribution in [-0.2, 0) is 9.53 Å². The Balaban J connectivity index is 1.83. The molecular formula is C24H26ClNO4. The molecule has 2 aromatic carbocycles. The van der Waals surface area contributed by atoms with Gasteiger partial charge in [0.2, 0.25) is 0 Å². The number of halogens is 1. The highest BCUT2D eigenvalue weighted by atomic mass is 35.5. The predicted octanol–water partition coefficient (Wildman–Crippen LogP) is 5.05. The Hall–Kier alpha value is -2.50. The largest absolute Gasteiger partial charge is 0.509 e. The minimum absolute atomic E-state index is 0.108. The number of ether oxygens (including phenoxy) is 2. The molecule has 2 aromatic rings. The third kappa shape index (κ3) is 3.36. The van der Waals surface area contributed by atoms with E-state index in [1.807, 2.05) is 43.3 Å². The van der Waals surface area contributed by atoms with Crippen LogP contribution in [0.3, 0.4) is 0 Å². The van der Waals surface area contributed by atoms with E-state index in [1.165, 1.54) is 0 Å². The van der Waals surface area contributed by atoms with Crippen molar-refractivity contribution in [1.82, 2.24) is 5.32 Å². The number of methoxy groups -OCH3 is 2. The van der Waals surface area contributed by atoms with Crippen LogP contribution in [0.15, 0.2) is 42.2 Å². The number of aliphatic hydroxyl groups excluding tert-OH is 1. The van der Waals surface area contributed by atoms with Crippen molar-refractivity contribution in [2.45, 2.75) is 44.2 Å². The van der Waals surface area contributed by atoms with Crippen molar-refractivity contribution in [3.05, 3.63) is 58.3 Å². The molecule has 5 nitrogen and oxygen atoms in total. The molecule has 2 aliphatic rings.